The van der Waals surface area contributed by atoms with Gasteiger partial charge in [0, 0.05) is 64.5 Å². The maximum absolute atomic E-state index is 13.7. The van der Waals surface area contributed by atoms with Gasteiger partial charge < -0.3 is 23.8 Å². The summed E-state index contributed by atoms with van der Waals surface area (Å²) in [7, 11) is 3.98. The second-order valence-corrected chi connectivity index (χ2v) is 10.9. The Hall–Kier alpha value is -3.07. The zero-order valence-corrected chi connectivity index (χ0v) is 24.8. The number of hydrogen-bond donors (Lipinski definition) is 0. The molecule has 0 aromatic heterocycles. The summed E-state index contributed by atoms with van der Waals surface area (Å²) in [5.74, 6) is -1.07. The van der Waals surface area contributed by atoms with E-state index in [1.54, 1.807) is 7.11 Å². The van der Waals surface area contributed by atoms with Crippen molar-refractivity contribution in [3.63, 3.8) is 0 Å². The normalized spacial score (nSPS) is 20.5. The molecule has 2 saturated heterocycles. The molecule has 2 heterocycles. The molecule has 2 fully saturated rings. The van der Waals surface area contributed by atoms with Gasteiger partial charge in [-0.3, -0.25) is 14.6 Å². The first-order chi connectivity index (χ1) is 20.8. The lowest BCUT2D eigenvalue weighted by Crippen LogP contribution is -2.57. The monoisotopic (exact) mass is 633 g/mol. The number of carbonyl (C=O) groups excluding carboxylic acids is 1. The molecule has 244 valence electrons. The Morgan fingerprint density at radius 2 is 1.61 bits per heavy atom. The van der Waals surface area contributed by atoms with Crippen LogP contribution in [0.5, 0.6) is 11.5 Å². The summed E-state index contributed by atoms with van der Waals surface area (Å²) in [6, 6.07) is 5.91. The van der Waals surface area contributed by atoms with E-state index < -0.39 is 35.4 Å². The fourth-order valence-electron chi connectivity index (χ4n) is 5.66. The first kappa shape index (κ1) is 33.8. The predicted octanol–water partition coefficient (Wildman–Crippen LogP) is 4.46. The molecule has 2 aliphatic rings. The van der Waals surface area contributed by atoms with Crippen molar-refractivity contribution < 1.29 is 50.1 Å². The van der Waals surface area contributed by atoms with Crippen molar-refractivity contribution in [2.75, 3.05) is 80.4 Å². The fraction of sp³-hybridized carbons (Fsp3) is 0.567. The van der Waals surface area contributed by atoms with Crippen molar-refractivity contribution in [2.24, 2.45) is 0 Å². The Morgan fingerprint density at radius 3 is 2.25 bits per heavy atom. The van der Waals surface area contributed by atoms with Gasteiger partial charge in [-0.1, -0.05) is 6.07 Å². The third-order valence-corrected chi connectivity index (χ3v) is 7.89. The van der Waals surface area contributed by atoms with E-state index in [0.717, 1.165) is 38.4 Å². The molecule has 1 amide bonds. The molecular formula is C30H37F6N3O5. The van der Waals surface area contributed by atoms with Crippen molar-refractivity contribution in [3.05, 3.63) is 58.7 Å². The van der Waals surface area contributed by atoms with Crippen molar-refractivity contribution >= 4 is 5.91 Å². The van der Waals surface area contributed by atoms with Crippen LogP contribution in [-0.4, -0.2) is 113 Å². The second-order valence-electron chi connectivity index (χ2n) is 10.9. The van der Waals surface area contributed by atoms with E-state index >= 15 is 0 Å². The summed E-state index contributed by atoms with van der Waals surface area (Å²) in [4.78, 5) is 19.7. The highest BCUT2D eigenvalue weighted by molar-refractivity contribution is 5.95. The standard InChI is InChI=1S/C30H37F6N3O5/c1-41-19-25-18-38(10-11-44-25)7-6-37-8-9-39(28(40)21-14-22(29(31,32)33)16-24(15-21)42-2)23(17-37)12-20-4-5-26(30(34,35)36)27(13-20)43-3/h4-5,13-16,23,25H,6-12,17-19H2,1-3H3/t23-,25+/m1/s1. The van der Waals surface area contributed by atoms with E-state index in [2.05, 4.69) is 9.80 Å². The first-order valence-electron chi connectivity index (χ1n) is 14.2. The Balaban J connectivity index is 1.57. The van der Waals surface area contributed by atoms with Gasteiger partial charge in [0.05, 0.1) is 44.7 Å². The maximum Gasteiger partial charge on any atom is 0.419 e. The minimum Gasteiger partial charge on any atom is -0.497 e. The van der Waals surface area contributed by atoms with E-state index in [-0.39, 0.29) is 36.1 Å². The predicted molar refractivity (Wildman–Crippen MR) is 149 cm³/mol. The SMILES string of the molecule is COC[C@@H]1CN(CCN2CCN(C(=O)c3cc(OC)cc(C(F)(F)F)c3)[C@H](Cc3ccc(C(F)(F)F)c(OC)c3)C2)CCO1. The molecule has 14 heteroatoms. The molecule has 0 spiro atoms. The van der Waals surface area contributed by atoms with Crippen molar-refractivity contribution in [1.29, 1.82) is 0 Å². The van der Waals surface area contributed by atoms with Crippen LogP contribution in [0.1, 0.15) is 27.0 Å². The number of rotatable bonds is 10. The summed E-state index contributed by atoms with van der Waals surface area (Å²) in [5.41, 5.74) is -1.62. The van der Waals surface area contributed by atoms with E-state index in [1.165, 1.54) is 30.2 Å². The third-order valence-electron chi connectivity index (χ3n) is 7.89. The Kier molecular flexibility index (Phi) is 11.0. The van der Waals surface area contributed by atoms with E-state index in [1.807, 2.05) is 0 Å². The van der Waals surface area contributed by atoms with Crippen LogP contribution in [0, 0.1) is 0 Å². The van der Waals surface area contributed by atoms with Gasteiger partial charge in [-0.25, -0.2) is 0 Å². The van der Waals surface area contributed by atoms with Crippen molar-refractivity contribution in [3.8, 4) is 11.5 Å². The summed E-state index contributed by atoms with van der Waals surface area (Å²) >= 11 is 0. The number of hydrogen-bond acceptors (Lipinski definition) is 7. The van der Waals surface area contributed by atoms with Crippen LogP contribution >= 0.6 is 0 Å². The molecule has 2 aromatic rings. The van der Waals surface area contributed by atoms with Crippen LogP contribution < -0.4 is 9.47 Å². The van der Waals surface area contributed by atoms with E-state index in [9.17, 15) is 31.1 Å². The van der Waals surface area contributed by atoms with Crippen molar-refractivity contribution in [1.82, 2.24) is 14.7 Å². The van der Waals surface area contributed by atoms with E-state index in [4.69, 9.17) is 18.9 Å². The molecule has 0 unspecified atom stereocenters. The summed E-state index contributed by atoms with van der Waals surface area (Å²) in [6.07, 6.45) is -9.17. The third kappa shape index (κ3) is 8.55. The highest BCUT2D eigenvalue weighted by Gasteiger charge is 2.37. The summed E-state index contributed by atoms with van der Waals surface area (Å²) in [6.45, 7) is 4.97. The average molecular weight is 634 g/mol. The van der Waals surface area contributed by atoms with Gasteiger partial charge in [0.2, 0.25) is 0 Å². The van der Waals surface area contributed by atoms with Gasteiger partial charge >= 0.3 is 12.4 Å². The van der Waals surface area contributed by atoms with Gasteiger partial charge in [-0.2, -0.15) is 26.3 Å². The zero-order chi connectivity index (χ0) is 32.1. The summed E-state index contributed by atoms with van der Waals surface area (Å²) in [5, 5.41) is 0. The summed E-state index contributed by atoms with van der Waals surface area (Å²) < 4.78 is 102. The molecule has 4 rings (SSSR count). The van der Waals surface area contributed by atoms with Crippen molar-refractivity contribution in [2.45, 2.75) is 30.9 Å². The quantitative estimate of drug-likeness (QED) is 0.359. The number of benzene rings is 2. The molecule has 2 aliphatic heterocycles. The van der Waals surface area contributed by atoms with Crippen LogP contribution in [0.2, 0.25) is 0 Å². The van der Waals surface area contributed by atoms with E-state index in [0.29, 0.717) is 45.0 Å². The number of nitrogens with zero attached hydrogens (tertiary/aromatic N) is 3. The fourth-order valence-corrected chi connectivity index (χ4v) is 5.66. The molecule has 44 heavy (non-hydrogen) atoms. The van der Waals surface area contributed by atoms with Gasteiger partial charge in [0.15, 0.2) is 0 Å². The topological polar surface area (TPSA) is 63.7 Å². The molecule has 2 aromatic carbocycles. The minimum absolute atomic E-state index is 0.0323. The Morgan fingerprint density at radius 1 is 0.886 bits per heavy atom. The number of alkyl halides is 6. The van der Waals surface area contributed by atoms with Crippen LogP contribution in [0.15, 0.2) is 36.4 Å². The number of ether oxygens (including phenoxy) is 4. The smallest absolute Gasteiger partial charge is 0.419 e. The number of carbonyl (C=O) groups is 1. The largest absolute Gasteiger partial charge is 0.497 e. The lowest BCUT2D eigenvalue weighted by molar-refractivity contribution is -0.139. The van der Waals surface area contributed by atoms with Gasteiger partial charge in [0.1, 0.15) is 11.5 Å². The second kappa shape index (κ2) is 14.4. The highest BCUT2D eigenvalue weighted by Crippen LogP contribution is 2.37. The zero-order valence-electron chi connectivity index (χ0n) is 24.8. The van der Waals surface area contributed by atoms with Crippen LogP contribution in [0.4, 0.5) is 26.3 Å². The van der Waals surface area contributed by atoms with Crippen LogP contribution in [-0.2, 0) is 28.2 Å². The number of piperazine rings is 1. The maximum atomic E-state index is 13.7. The number of halogens is 6. The molecule has 0 N–H and O–H groups in total. The van der Waals surface area contributed by atoms with Gasteiger partial charge in [-0.15, -0.1) is 0 Å². The van der Waals surface area contributed by atoms with Crippen LogP contribution in [0.25, 0.3) is 0 Å². The average Bonchev–Trinajstić information content (AvgIpc) is 2.99. The molecular weight excluding hydrogens is 596 g/mol. The first-order valence-corrected chi connectivity index (χ1v) is 14.2. The Labute approximate surface area is 252 Å². The molecule has 0 aliphatic carbocycles. The molecule has 0 saturated carbocycles. The molecule has 8 nitrogen and oxygen atoms in total. The number of methoxy groups -OCH3 is 3. The number of morpholine rings is 1. The highest BCUT2D eigenvalue weighted by atomic mass is 19.4. The van der Waals surface area contributed by atoms with Gasteiger partial charge in [0.25, 0.3) is 5.91 Å². The molecule has 0 radical (unpaired) electrons. The lowest BCUT2D eigenvalue weighted by Gasteiger charge is -2.43. The van der Waals surface area contributed by atoms with Gasteiger partial charge in [-0.05, 0) is 42.3 Å². The molecule has 2 atom stereocenters. The molecule has 0 bridgehead atoms. The number of amides is 1. The Bertz CT molecular complexity index is 1270. The van der Waals surface area contributed by atoms with Crippen LogP contribution in [0.3, 0.4) is 0 Å². The lowest BCUT2D eigenvalue weighted by atomic mass is 9.98. The minimum atomic E-state index is -4.69.